The minimum atomic E-state index is -5.08. The Morgan fingerprint density at radius 2 is 2.05 bits per heavy atom. The minimum Gasteiger partial charge on any atom is -0.505 e. The second kappa shape index (κ2) is 5.37. The summed E-state index contributed by atoms with van der Waals surface area (Å²) in [6, 6.07) is 0. The van der Waals surface area contributed by atoms with Gasteiger partial charge in [-0.15, -0.1) is 0 Å². The van der Waals surface area contributed by atoms with Gasteiger partial charge in [-0.2, -0.15) is 13.2 Å². The lowest BCUT2D eigenvalue weighted by atomic mass is 10.1. The Balaban J connectivity index is 3.35. The number of ether oxygens (including phenoxy) is 1. The maximum Gasteiger partial charge on any atom is 0.418 e. The van der Waals surface area contributed by atoms with Crippen LogP contribution < -0.4 is 0 Å². The summed E-state index contributed by atoms with van der Waals surface area (Å²) in [5.41, 5.74) is -3.94. The highest BCUT2D eigenvalue weighted by molar-refractivity contribution is 5.73. The molecule has 0 atom stereocenters. The molecule has 106 valence electrons. The van der Waals surface area contributed by atoms with Crippen molar-refractivity contribution in [3.63, 3.8) is 0 Å². The molecule has 0 spiro atoms. The maximum atomic E-state index is 12.6. The van der Waals surface area contributed by atoms with Crippen LogP contribution in [0.25, 0.3) is 0 Å². The fourth-order valence-corrected chi connectivity index (χ4v) is 1.34. The summed E-state index contributed by atoms with van der Waals surface area (Å²) in [6.07, 6.45) is -9.20. The summed E-state index contributed by atoms with van der Waals surface area (Å²) in [7, 11) is 0.998. The van der Waals surface area contributed by atoms with Gasteiger partial charge in [-0.1, -0.05) is 0 Å². The molecule has 19 heavy (non-hydrogen) atoms. The average Bonchev–Trinajstić information content (AvgIpc) is 2.29. The fraction of sp³-hybridized carbons (Fsp3) is 0.400. The second-order valence-corrected chi connectivity index (χ2v) is 3.43. The molecule has 0 aromatic carbocycles. The Morgan fingerprint density at radius 3 is 2.47 bits per heavy atom. The Morgan fingerprint density at radius 1 is 1.47 bits per heavy atom. The van der Waals surface area contributed by atoms with E-state index in [1.54, 1.807) is 0 Å². The number of alkyl halides is 5. The van der Waals surface area contributed by atoms with Crippen molar-refractivity contribution in [2.45, 2.75) is 19.0 Å². The van der Waals surface area contributed by atoms with Crippen molar-refractivity contribution < 1.29 is 36.6 Å². The van der Waals surface area contributed by atoms with Crippen LogP contribution >= 0.6 is 0 Å². The van der Waals surface area contributed by atoms with E-state index in [-0.39, 0.29) is 6.20 Å². The molecule has 0 aliphatic heterocycles. The van der Waals surface area contributed by atoms with Gasteiger partial charge >= 0.3 is 12.1 Å². The highest BCUT2D eigenvalue weighted by Gasteiger charge is 2.38. The van der Waals surface area contributed by atoms with Crippen LogP contribution in [0.15, 0.2) is 6.20 Å². The molecule has 4 nitrogen and oxygen atoms in total. The Labute approximate surface area is 103 Å². The van der Waals surface area contributed by atoms with Crippen molar-refractivity contribution >= 4 is 5.97 Å². The fourth-order valence-electron chi connectivity index (χ4n) is 1.34. The molecule has 0 aliphatic carbocycles. The van der Waals surface area contributed by atoms with Crippen molar-refractivity contribution in [2.75, 3.05) is 7.11 Å². The summed E-state index contributed by atoms with van der Waals surface area (Å²) in [6.45, 7) is 0. The molecular formula is C10H8F5NO3. The van der Waals surface area contributed by atoms with Gasteiger partial charge in [0.25, 0.3) is 6.43 Å². The van der Waals surface area contributed by atoms with E-state index in [4.69, 9.17) is 0 Å². The van der Waals surface area contributed by atoms with E-state index in [1.165, 1.54) is 0 Å². The predicted octanol–water partition coefficient (Wildman–Crippen LogP) is 2.46. The molecule has 1 rings (SSSR count). The minimum absolute atomic E-state index is 0.152. The topological polar surface area (TPSA) is 59.4 Å². The lowest BCUT2D eigenvalue weighted by Crippen LogP contribution is -2.14. The number of pyridine rings is 1. The number of esters is 1. The molecule has 0 saturated carbocycles. The molecule has 1 aromatic heterocycles. The van der Waals surface area contributed by atoms with E-state index in [9.17, 15) is 31.9 Å². The molecule has 0 radical (unpaired) electrons. The van der Waals surface area contributed by atoms with Gasteiger partial charge in [-0.05, 0) is 0 Å². The first-order valence-electron chi connectivity index (χ1n) is 4.81. The molecular weight excluding hydrogens is 277 g/mol. The molecule has 1 aromatic rings. The van der Waals surface area contributed by atoms with Crippen molar-refractivity contribution in [1.29, 1.82) is 0 Å². The number of nitrogens with zero attached hydrogens (tertiary/aromatic N) is 1. The van der Waals surface area contributed by atoms with Crippen molar-refractivity contribution in [1.82, 2.24) is 4.98 Å². The predicted molar refractivity (Wildman–Crippen MR) is 51.6 cm³/mol. The number of halogens is 5. The second-order valence-electron chi connectivity index (χ2n) is 3.43. The van der Waals surface area contributed by atoms with Crippen LogP contribution in [-0.2, 0) is 22.1 Å². The number of aromatic hydroxyl groups is 1. The number of hydrogen-bond acceptors (Lipinski definition) is 4. The van der Waals surface area contributed by atoms with Crippen LogP contribution in [-0.4, -0.2) is 23.2 Å². The van der Waals surface area contributed by atoms with Gasteiger partial charge in [0.15, 0.2) is 0 Å². The molecule has 1 heterocycles. The van der Waals surface area contributed by atoms with E-state index in [0.717, 1.165) is 7.11 Å². The third kappa shape index (κ3) is 3.30. The summed E-state index contributed by atoms with van der Waals surface area (Å²) in [4.78, 5) is 14.1. The van der Waals surface area contributed by atoms with Crippen molar-refractivity contribution in [3.8, 4) is 5.75 Å². The van der Waals surface area contributed by atoms with Gasteiger partial charge in [0.1, 0.15) is 5.75 Å². The van der Waals surface area contributed by atoms with Crippen LogP contribution in [0.4, 0.5) is 22.0 Å². The van der Waals surface area contributed by atoms with Crippen molar-refractivity contribution in [2.24, 2.45) is 0 Å². The van der Waals surface area contributed by atoms with Gasteiger partial charge in [0.2, 0.25) is 0 Å². The summed E-state index contributed by atoms with van der Waals surface area (Å²) in [5.74, 6) is -2.28. The SMILES string of the molecule is COC(=O)Cc1ncc(C(F)(F)F)c(C(F)F)c1O. The molecule has 0 unspecified atom stereocenters. The monoisotopic (exact) mass is 285 g/mol. The Bertz CT molecular complexity index is 487. The first-order chi connectivity index (χ1) is 8.68. The van der Waals surface area contributed by atoms with E-state index < -0.39 is 47.6 Å². The first-order valence-corrected chi connectivity index (χ1v) is 4.81. The standard InChI is InChI=1S/C10H8F5NO3/c1-19-6(17)2-5-8(18)7(9(11)12)4(3-16-5)10(13,14)15/h3,9,18H,2H2,1H3. The Kier molecular flexibility index (Phi) is 4.28. The van der Waals surface area contributed by atoms with Gasteiger partial charge in [-0.25, -0.2) is 8.78 Å². The third-order valence-electron chi connectivity index (χ3n) is 2.23. The van der Waals surface area contributed by atoms with Crippen LogP contribution in [0.2, 0.25) is 0 Å². The number of rotatable bonds is 3. The zero-order chi connectivity index (χ0) is 14.8. The van der Waals surface area contributed by atoms with Gasteiger partial charge in [0.05, 0.1) is 30.4 Å². The highest BCUT2D eigenvalue weighted by atomic mass is 19.4. The van der Waals surface area contributed by atoms with Crippen LogP contribution in [0.3, 0.4) is 0 Å². The molecule has 0 fully saturated rings. The number of carbonyl (C=O) groups is 1. The average molecular weight is 285 g/mol. The zero-order valence-corrected chi connectivity index (χ0v) is 9.46. The molecule has 9 heteroatoms. The summed E-state index contributed by atoms with van der Waals surface area (Å²) in [5, 5.41) is 9.40. The maximum absolute atomic E-state index is 12.6. The van der Waals surface area contributed by atoms with Crippen molar-refractivity contribution in [3.05, 3.63) is 23.0 Å². The highest BCUT2D eigenvalue weighted by Crippen LogP contribution is 2.41. The van der Waals surface area contributed by atoms with Crippen LogP contribution in [0.1, 0.15) is 23.2 Å². The quantitative estimate of drug-likeness (QED) is 0.684. The van der Waals surface area contributed by atoms with Gasteiger partial charge in [0, 0.05) is 6.20 Å². The van der Waals surface area contributed by atoms with Gasteiger partial charge in [-0.3, -0.25) is 9.78 Å². The van der Waals surface area contributed by atoms with Gasteiger partial charge < -0.3 is 9.84 Å². The largest absolute Gasteiger partial charge is 0.505 e. The Hall–Kier alpha value is -1.93. The molecule has 0 bridgehead atoms. The summed E-state index contributed by atoms with van der Waals surface area (Å²) >= 11 is 0. The molecule has 0 saturated heterocycles. The number of aromatic nitrogens is 1. The third-order valence-corrected chi connectivity index (χ3v) is 2.23. The first kappa shape index (κ1) is 15.1. The molecule has 0 aliphatic rings. The van der Waals surface area contributed by atoms with Crippen LogP contribution in [0.5, 0.6) is 5.75 Å². The van der Waals surface area contributed by atoms with Crippen LogP contribution in [0, 0.1) is 0 Å². The molecule has 1 N–H and O–H groups in total. The smallest absolute Gasteiger partial charge is 0.418 e. The normalized spacial score (nSPS) is 11.7. The number of carbonyl (C=O) groups excluding carboxylic acids is 1. The number of hydrogen-bond donors (Lipinski definition) is 1. The van der Waals surface area contributed by atoms with E-state index in [1.807, 2.05) is 0 Å². The van der Waals surface area contributed by atoms with E-state index >= 15 is 0 Å². The lowest BCUT2D eigenvalue weighted by molar-refractivity contribution is -0.140. The van der Waals surface area contributed by atoms with E-state index in [0.29, 0.717) is 0 Å². The lowest BCUT2D eigenvalue weighted by Gasteiger charge is -2.15. The molecule has 0 amide bonds. The zero-order valence-electron chi connectivity index (χ0n) is 9.46. The number of methoxy groups -OCH3 is 1. The van der Waals surface area contributed by atoms with E-state index in [2.05, 4.69) is 9.72 Å². The summed E-state index contributed by atoms with van der Waals surface area (Å²) < 4.78 is 66.9.